The van der Waals surface area contributed by atoms with Gasteiger partial charge in [-0.3, -0.25) is 4.79 Å². The van der Waals surface area contributed by atoms with E-state index in [1.165, 1.54) is 0 Å². The smallest absolute Gasteiger partial charge is 0.189 e. The van der Waals surface area contributed by atoms with Crippen LogP contribution in [0.15, 0.2) is 0 Å². The molecule has 5 N–H and O–H groups in total. The average molecular weight is 224 g/mol. The van der Waals surface area contributed by atoms with E-state index in [1.807, 2.05) is 0 Å². The second kappa shape index (κ2) is 7.69. The summed E-state index contributed by atoms with van der Waals surface area (Å²) in [5.41, 5.74) is 0. The first-order valence-corrected chi connectivity index (χ1v) is 4.41. The van der Waals surface area contributed by atoms with Crippen LogP contribution in [0.5, 0.6) is 0 Å². The monoisotopic (exact) mass is 224 g/mol. The molecule has 3 atom stereocenters. The molecule has 1 aliphatic heterocycles. The highest BCUT2D eigenvalue weighted by molar-refractivity contribution is 5.84. The molecule has 0 aromatic heterocycles. The van der Waals surface area contributed by atoms with Crippen molar-refractivity contribution in [1.29, 1.82) is 0 Å². The minimum atomic E-state index is -1.86. The van der Waals surface area contributed by atoms with Gasteiger partial charge in [0.1, 0.15) is 24.9 Å². The summed E-state index contributed by atoms with van der Waals surface area (Å²) in [6, 6.07) is 0. The van der Waals surface area contributed by atoms with Crippen LogP contribution >= 0.6 is 0 Å². The van der Waals surface area contributed by atoms with Gasteiger partial charge in [0.2, 0.25) is 0 Å². The molecule has 0 aromatic rings. The largest absolute Gasteiger partial charge is 0.394 e. The summed E-state index contributed by atoms with van der Waals surface area (Å²) in [4.78, 5) is 10.5. The van der Waals surface area contributed by atoms with Gasteiger partial charge in [-0.05, 0) is 0 Å². The molecule has 0 saturated carbocycles. The Labute approximate surface area is 86.5 Å². The summed E-state index contributed by atoms with van der Waals surface area (Å²) in [5.74, 6) is -1.00. The lowest BCUT2D eigenvalue weighted by Crippen LogP contribution is -2.44. The van der Waals surface area contributed by atoms with E-state index in [-0.39, 0.29) is 0 Å². The van der Waals surface area contributed by atoms with E-state index in [2.05, 4.69) is 4.74 Å². The summed E-state index contributed by atoms with van der Waals surface area (Å²) >= 11 is 0. The van der Waals surface area contributed by atoms with E-state index in [1.54, 1.807) is 0 Å². The maximum atomic E-state index is 10.5. The number of hydrogen-bond donors (Lipinski definition) is 5. The Hall–Kier alpha value is -0.570. The highest BCUT2D eigenvalue weighted by Crippen LogP contribution is 2.00. The summed E-state index contributed by atoms with van der Waals surface area (Å²) in [6.45, 7) is 0.313. The highest BCUT2D eigenvalue weighted by Gasteiger charge is 2.28. The molecule has 0 aliphatic carbocycles. The summed E-state index contributed by atoms with van der Waals surface area (Å²) in [5, 5.41) is 43.1. The number of carbonyl (C=O) groups excluding carboxylic acids is 1. The minimum absolute atomic E-state index is 0.767. The Balaban J connectivity index is 0.000000548. The molecule has 7 nitrogen and oxygen atoms in total. The Bertz CT molecular complexity index is 179. The number of Topliss-reactive ketones (excluding diaryl/α,β-unsaturated/α-hetero) is 1. The van der Waals surface area contributed by atoms with Crippen LogP contribution in [0.25, 0.3) is 0 Å². The fourth-order valence-corrected chi connectivity index (χ4v) is 0.602. The number of aliphatic hydroxyl groups excluding tert-OH is 5. The Morgan fingerprint density at radius 2 is 1.67 bits per heavy atom. The predicted octanol–water partition coefficient (Wildman–Crippen LogP) is -3.36. The van der Waals surface area contributed by atoms with Crippen molar-refractivity contribution in [1.82, 2.24) is 0 Å². The van der Waals surface area contributed by atoms with E-state index in [9.17, 15) is 4.79 Å². The van der Waals surface area contributed by atoms with Gasteiger partial charge in [-0.1, -0.05) is 0 Å². The lowest BCUT2D eigenvalue weighted by atomic mass is 10.1. The van der Waals surface area contributed by atoms with Crippen LogP contribution in [0, 0.1) is 0 Å². The summed E-state index contributed by atoms with van der Waals surface area (Å²) in [7, 11) is 0. The minimum Gasteiger partial charge on any atom is -0.394 e. The molecular formula is C8H16O7. The molecule has 0 aromatic carbocycles. The van der Waals surface area contributed by atoms with Crippen molar-refractivity contribution in [2.24, 2.45) is 0 Å². The molecule has 90 valence electrons. The fourth-order valence-electron chi connectivity index (χ4n) is 0.602. The van der Waals surface area contributed by atoms with Crippen LogP contribution < -0.4 is 0 Å². The molecule has 1 aliphatic rings. The van der Waals surface area contributed by atoms with Crippen molar-refractivity contribution < 1.29 is 35.1 Å². The van der Waals surface area contributed by atoms with Gasteiger partial charge in [0, 0.05) is 0 Å². The van der Waals surface area contributed by atoms with Crippen molar-refractivity contribution in [2.75, 3.05) is 26.4 Å². The first-order valence-electron chi connectivity index (χ1n) is 4.41. The number of hydrogen-bond acceptors (Lipinski definition) is 7. The van der Waals surface area contributed by atoms with Crippen LogP contribution in [0.1, 0.15) is 0 Å². The van der Waals surface area contributed by atoms with E-state index >= 15 is 0 Å². The normalized spacial score (nSPS) is 19.5. The number of carbonyl (C=O) groups is 1. The van der Waals surface area contributed by atoms with Gasteiger partial charge < -0.3 is 30.3 Å². The van der Waals surface area contributed by atoms with Crippen LogP contribution in [0.4, 0.5) is 0 Å². The number of ether oxygens (including phenoxy) is 1. The molecular weight excluding hydrogens is 208 g/mol. The van der Waals surface area contributed by atoms with Crippen LogP contribution in [0.2, 0.25) is 0 Å². The van der Waals surface area contributed by atoms with Gasteiger partial charge in [-0.2, -0.15) is 0 Å². The van der Waals surface area contributed by atoms with Gasteiger partial charge in [0.15, 0.2) is 5.78 Å². The topological polar surface area (TPSA) is 131 Å². The maximum absolute atomic E-state index is 10.5. The average Bonchev–Trinajstić information content (AvgIpc) is 3.12. The molecule has 1 heterocycles. The number of aliphatic hydroxyl groups is 5. The number of rotatable bonds is 5. The highest BCUT2D eigenvalue weighted by atomic mass is 16.6. The first-order chi connectivity index (χ1) is 7.04. The summed E-state index contributed by atoms with van der Waals surface area (Å²) < 4.78 is 4.50. The van der Waals surface area contributed by atoms with E-state index in [0.717, 1.165) is 13.2 Å². The zero-order valence-electron chi connectivity index (χ0n) is 8.11. The van der Waals surface area contributed by atoms with Gasteiger partial charge >= 0.3 is 0 Å². The Morgan fingerprint density at radius 1 is 1.20 bits per heavy atom. The summed E-state index contributed by atoms with van der Waals surface area (Å²) in [6.07, 6.45) is -5.22. The Morgan fingerprint density at radius 3 is 1.93 bits per heavy atom. The molecule has 3 unspecified atom stereocenters. The lowest BCUT2D eigenvalue weighted by molar-refractivity contribution is -0.142. The third kappa shape index (κ3) is 6.50. The van der Waals surface area contributed by atoms with Gasteiger partial charge in [0.05, 0.1) is 19.8 Å². The van der Waals surface area contributed by atoms with E-state index < -0.39 is 37.3 Å². The quantitative estimate of drug-likeness (QED) is 0.308. The van der Waals surface area contributed by atoms with E-state index in [4.69, 9.17) is 25.5 Å². The lowest BCUT2D eigenvalue weighted by Gasteiger charge is -2.19. The molecule has 7 heteroatoms. The van der Waals surface area contributed by atoms with E-state index in [0.29, 0.717) is 0 Å². The fraction of sp³-hybridized carbons (Fsp3) is 0.875. The first kappa shape index (κ1) is 14.4. The van der Waals surface area contributed by atoms with Crippen molar-refractivity contribution >= 4 is 5.78 Å². The van der Waals surface area contributed by atoms with Crippen LogP contribution in [-0.4, -0.2) is 76.1 Å². The zero-order chi connectivity index (χ0) is 11.8. The molecule has 0 spiro atoms. The molecule has 15 heavy (non-hydrogen) atoms. The SMILES string of the molecule is C1CO1.O=C(CO)C(O)C(O)C(O)CO. The van der Waals surface area contributed by atoms with Crippen molar-refractivity contribution in [3.8, 4) is 0 Å². The van der Waals surface area contributed by atoms with Crippen molar-refractivity contribution in [2.45, 2.75) is 18.3 Å². The van der Waals surface area contributed by atoms with Crippen molar-refractivity contribution in [3.63, 3.8) is 0 Å². The van der Waals surface area contributed by atoms with Gasteiger partial charge in [0.25, 0.3) is 0 Å². The molecule has 1 rings (SSSR count). The standard InChI is InChI=1S/C6H12O6.C2H4O/c7-1-3(9)5(11)6(12)4(10)2-8;1-2-3-1/h3,5-9,11-12H,1-2H2;1-2H2. The van der Waals surface area contributed by atoms with Gasteiger partial charge in [-0.25, -0.2) is 0 Å². The van der Waals surface area contributed by atoms with Crippen LogP contribution in [0.3, 0.4) is 0 Å². The molecule has 1 fully saturated rings. The van der Waals surface area contributed by atoms with Crippen LogP contribution in [-0.2, 0) is 9.53 Å². The second-order valence-corrected chi connectivity index (χ2v) is 2.92. The van der Waals surface area contributed by atoms with Crippen molar-refractivity contribution in [3.05, 3.63) is 0 Å². The third-order valence-electron chi connectivity index (χ3n) is 1.59. The molecule has 0 bridgehead atoms. The maximum Gasteiger partial charge on any atom is 0.189 e. The second-order valence-electron chi connectivity index (χ2n) is 2.92. The third-order valence-corrected chi connectivity index (χ3v) is 1.59. The predicted molar refractivity (Wildman–Crippen MR) is 48.0 cm³/mol. The number of ketones is 1. The zero-order valence-corrected chi connectivity index (χ0v) is 8.11. The van der Waals surface area contributed by atoms with Gasteiger partial charge in [-0.15, -0.1) is 0 Å². The Kier molecular flexibility index (Phi) is 7.39. The number of epoxide rings is 1. The molecule has 0 amide bonds. The molecule has 1 saturated heterocycles. The molecule has 0 radical (unpaired) electrons.